The fourth-order valence-electron chi connectivity index (χ4n) is 2.12. The van der Waals surface area contributed by atoms with Gasteiger partial charge in [-0.3, -0.25) is 4.79 Å². The molecule has 1 amide bonds. The molecule has 98 valence electrons. The maximum atomic E-state index is 11.9. The normalized spacial score (nSPS) is 22.9. The summed E-state index contributed by atoms with van der Waals surface area (Å²) < 4.78 is 5.40. The summed E-state index contributed by atoms with van der Waals surface area (Å²) in [6, 6.07) is 4.22. The average Bonchev–Trinajstić information content (AvgIpc) is 2.72. The number of phenolic OH excluding ortho intramolecular Hbond substituents is 2. The summed E-state index contributed by atoms with van der Waals surface area (Å²) in [4.78, 5) is 11.9. The van der Waals surface area contributed by atoms with Gasteiger partial charge in [-0.05, 0) is 25.5 Å². The zero-order valence-corrected chi connectivity index (χ0v) is 10.2. The second kappa shape index (κ2) is 5.27. The Morgan fingerprint density at radius 1 is 1.44 bits per heavy atom. The monoisotopic (exact) mass is 251 g/mol. The summed E-state index contributed by atoms with van der Waals surface area (Å²) in [5.41, 5.74) is -0.0796. The third kappa shape index (κ3) is 2.56. The third-order valence-electron chi connectivity index (χ3n) is 3.31. The van der Waals surface area contributed by atoms with Crippen molar-refractivity contribution in [3.05, 3.63) is 23.8 Å². The first-order valence-electron chi connectivity index (χ1n) is 6.00. The minimum atomic E-state index is -0.468. The highest BCUT2D eigenvalue weighted by Crippen LogP contribution is 2.26. The summed E-state index contributed by atoms with van der Waals surface area (Å²) >= 11 is 0. The third-order valence-corrected chi connectivity index (χ3v) is 3.31. The van der Waals surface area contributed by atoms with Crippen molar-refractivity contribution in [2.75, 3.05) is 13.2 Å². The largest absolute Gasteiger partial charge is 0.507 e. The molecule has 0 saturated carbocycles. The molecule has 1 aliphatic heterocycles. The van der Waals surface area contributed by atoms with Crippen LogP contribution in [0.2, 0.25) is 0 Å². The van der Waals surface area contributed by atoms with E-state index in [0.29, 0.717) is 13.2 Å². The first-order valence-corrected chi connectivity index (χ1v) is 6.00. The van der Waals surface area contributed by atoms with Crippen LogP contribution < -0.4 is 5.32 Å². The standard InChI is InChI=1S/C13H17NO4/c1-8-9(5-6-18-8)7-14-13(17)12-10(15)3-2-4-11(12)16/h2-4,8-9,15-16H,5-7H2,1H3,(H,14,17). The van der Waals surface area contributed by atoms with Crippen LogP contribution in [-0.4, -0.2) is 35.4 Å². The van der Waals surface area contributed by atoms with Crippen LogP contribution in [0.25, 0.3) is 0 Å². The number of carbonyl (C=O) groups is 1. The number of aromatic hydroxyl groups is 2. The van der Waals surface area contributed by atoms with E-state index in [1.165, 1.54) is 18.2 Å². The molecule has 0 spiro atoms. The summed E-state index contributed by atoms with van der Waals surface area (Å²) in [7, 11) is 0. The Morgan fingerprint density at radius 3 is 2.67 bits per heavy atom. The van der Waals surface area contributed by atoms with Crippen LogP contribution in [0, 0.1) is 5.92 Å². The fourth-order valence-corrected chi connectivity index (χ4v) is 2.12. The molecular formula is C13H17NO4. The zero-order valence-electron chi connectivity index (χ0n) is 10.2. The van der Waals surface area contributed by atoms with Gasteiger partial charge in [0.05, 0.1) is 6.10 Å². The highest BCUT2D eigenvalue weighted by molar-refractivity contribution is 5.99. The summed E-state index contributed by atoms with van der Waals surface area (Å²) in [6.45, 7) is 3.17. The second-order valence-electron chi connectivity index (χ2n) is 4.51. The molecule has 5 heteroatoms. The molecule has 1 aromatic carbocycles. The average molecular weight is 251 g/mol. The Kier molecular flexibility index (Phi) is 3.72. The molecule has 1 fully saturated rings. The number of hydrogen-bond acceptors (Lipinski definition) is 4. The molecule has 1 saturated heterocycles. The van der Waals surface area contributed by atoms with Gasteiger partial charge in [-0.15, -0.1) is 0 Å². The van der Waals surface area contributed by atoms with Crippen LogP contribution in [0.5, 0.6) is 11.5 Å². The quantitative estimate of drug-likeness (QED) is 0.755. The highest BCUT2D eigenvalue weighted by Gasteiger charge is 2.25. The van der Waals surface area contributed by atoms with Gasteiger partial charge < -0.3 is 20.3 Å². The van der Waals surface area contributed by atoms with Crippen molar-refractivity contribution in [2.45, 2.75) is 19.4 Å². The van der Waals surface area contributed by atoms with Crippen molar-refractivity contribution in [1.29, 1.82) is 0 Å². The van der Waals surface area contributed by atoms with Gasteiger partial charge >= 0.3 is 0 Å². The van der Waals surface area contributed by atoms with E-state index in [-0.39, 0.29) is 29.1 Å². The van der Waals surface area contributed by atoms with E-state index in [0.717, 1.165) is 6.42 Å². The first kappa shape index (κ1) is 12.7. The predicted molar refractivity (Wildman–Crippen MR) is 65.6 cm³/mol. The topological polar surface area (TPSA) is 78.8 Å². The number of rotatable bonds is 3. The van der Waals surface area contributed by atoms with E-state index in [1.807, 2.05) is 6.92 Å². The molecule has 3 N–H and O–H groups in total. The molecule has 0 bridgehead atoms. The minimum Gasteiger partial charge on any atom is -0.507 e. The molecule has 2 unspecified atom stereocenters. The molecule has 2 rings (SSSR count). The van der Waals surface area contributed by atoms with Crippen molar-refractivity contribution < 1.29 is 19.7 Å². The Morgan fingerprint density at radius 2 is 2.11 bits per heavy atom. The summed E-state index contributed by atoms with van der Waals surface area (Å²) in [6.07, 6.45) is 1.04. The summed E-state index contributed by atoms with van der Waals surface area (Å²) in [5.74, 6) is -0.627. The van der Waals surface area contributed by atoms with Crippen LogP contribution in [0.1, 0.15) is 23.7 Å². The van der Waals surface area contributed by atoms with Crippen molar-refractivity contribution in [1.82, 2.24) is 5.32 Å². The van der Waals surface area contributed by atoms with E-state index >= 15 is 0 Å². The minimum absolute atomic E-state index is 0.0796. The lowest BCUT2D eigenvalue weighted by molar-refractivity contribution is 0.0903. The Labute approximate surface area is 105 Å². The molecule has 0 aliphatic carbocycles. The van der Waals surface area contributed by atoms with Crippen LogP contribution in [0.15, 0.2) is 18.2 Å². The van der Waals surface area contributed by atoms with Gasteiger partial charge in [-0.2, -0.15) is 0 Å². The first-order chi connectivity index (χ1) is 8.59. The van der Waals surface area contributed by atoms with Crippen LogP contribution in [0.3, 0.4) is 0 Å². The lowest BCUT2D eigenvalue weighted by atomic mass is 10.0. The fraction of sp³-hybridized carbons (Fsp3) is 0.462. The second-order valence-corrected chi connectivity index (χ2v) is 4.51. The van der Waals surface area contributed by atoms with Crippen LogP contribution in [0.4, 0.5) is 0 Å². The van der Waals surface area contributed by atoms with E-state index in [4.69, 9.17) is 4.74 Å². The highest BCUT2D eigenvalue weighted by atomic mass is 16.5. The maximum Gasteiger partial charge on any atom is 0.258 e. The molecule has 2 atom stereocenters. The van der Waals surface area contributed by atoms with Crippen LogP contribution in [-0.2, 0) is 4.74 Å². The van der Waals surface area contributed by atoms with Gasteiger partial charge in [0.1, 0.15) is 17.1 Å². The maximum absolute atomic E-state index is 11.9. The molecule has 1 aliphatic rings. The molecule has 5 nitrogen and oxygen atoms in total. The van der Waals surface area contributed by atoms with Gasteiger partial charge in [0, 0.05) is 19.1 Å². The molecule has 0 radical (unpaired) electrons. The molecule has 0 aromatic heterocycles. The van der Waals surface area contributed by atoms with Gasteiger partial charge in [-0.1, -0.05) is 6.07 Å². The Hall–Kier alpha value is -1.75. The van der Waals surface area contributed by atoms with Gasteiger partial charge in [0.25, 0.3) is 5.91 Å². The van der Waals surface area contributed by atoms with E-state index < -0.39 is 5.91 Å². The van der Waals surface area contributed by atoms with Gasteiger partial charge in [-0.25, -0.2) is 0 Å². The van der Waals surface area contributed by atoms with E-state index in [9.17, 15) is 15.0 Å². The van der Waals surface area contributed by atoms with Crippen molar-refractivity contribution in [2.24, 2.45) is 5.92 Å². The number of phenols is 2. The van der Waals surface area contributed by atoms with Crippen molar-refractivity contribution in [3.63, 3.8) is 0 Å². The molecular weight excluding hydrogens is 234 g/mol. The smallest absolute Gasteiger partial charge is 0.258 e. The lowest BCUT2D eigenvalue weighted by Gasteiger charge is -2.15. The van der Waals surface area contributed by atoms with Crippen LogP contribution >= 0.6 is 0 Å². The number of benzene rings is 1. The number of hydrogen-bond donors (Lipinski definition) is 3. The molecule has 18 heavy (non-hydrogen) atoms. The number of amides is 1. The molecule has 1 aromatic rings. The number of ether oxygens (including phenoxy) is 1. The van der Waals surface area contributed by atoms with Crippen molar-refractivity contribution >= 4 is 5.91 Å². The Balaban J connectivity index is 1.99. The molecule has 1 heterocycles. The number of carbonyl (C=O) groups excluding carboxylic acids is 1. The Bertz CT molecular complexity index is 426. The van der Waals surface area contributed by atoms with E-state index in [2.05, 4.69) is 5.32 Å². The lowest BCUT2D eigenvalue weighted by Crippen LogP contribution is -2.32. The van der Waals surface area contributed by atoms with Crippen molar-refractivity contribution in [3.8, 4) is 11.5 Å². The predicted octanol–water partition coefficient (Wildman–Crippen LogP) is 1.25. The van der Waals surface area contributed by atoms with Gasteiger partial charge in [0.15, 0.2) is 0 Å². The summed E-state index contributed by atoms with van der Waals surface area (Å²) in [5, 5.41) is 21.8. The number of nitrogens with one attached hydrogen (secondary N) is 1. The van der Waals surface area contributed by atoms with E-state index in [1.54, 1.807) is 0 Å². The van der Waals surface area contributed by atoms with Gasteiger partial charge in [0.2, 0.25) is 0 Å². The zero-order chi connectivity index (χ0) is 13.1. The SMILES string of the molecule is CC1OCCC1CNC(=O)c1c(O)cccc1O.